The maximum absolute atomic E-state index is 13.3. The highest BCUT2D eigenvalue weighted by atomic mass is 32.1. The van der Waals surface area contributed by atoms with Gasteiger partial charge < -0.3 is 19.8 Å². The van der Waals surface area contributed by atoms with Crippen LogP contribution < -0.4 is 9.80 Å². The number of aromatic hydroxyl groups is 1. The van der Waals surface area contributed by atoms with Gasteiger partial charge in [0.1, 0.15) is 5.75 Å². The third-order valence-electron chi connectivity index (χ3n) is 6.39. The first-order chi connectivity index (χ1) is 15.1. The minimum absolute atomic E-state index is 0.0270. The number of thiazole rings is 1. The van der Waals surface area contributed by atoms with Crippen molar-refractivity contribution < 1.29 is 9.90 Å². The predicted molar refractivity (Wildman–Crippen MR) is 126 cm³/mol. The number of phenols is 1. The van der Waals surface area contributed by atoms with Crippen molar-refractivity contribution in [1.82, 2.24) is 9.88 Å². The summed E-state index contributed by atoms with van der Waals surface area (Å²) in [5.41, 5.74) is 3.14. The second-order valence-electron chi connectivity index (χ2n) is 8.55. The number of amides is 1. The molecule has 2 aliphatic heterocycles. The van der Waals surface area contributed by atoms with Crippen LogP contribution in [0, 0.1) is 12.8 Å². The molecule has 5 rings (SSSR count). The molecule has 0 saturated carbocycles. The molecule has 7 heteroatoms. The topological polar surface area (TPSA) is 59.9 Å². The highest BCUT2D eigenvalue weighted by Gasteiger charge is 2.32. The number of piperidine rings is 1. The van der Waals surface area contributed by atoms with E-state index < -0.39 is 0 Å². The fourth-order valence-electron chi connectivity index (χ4n) is 4.66. The quantitative estimate of drug-likeness (QED) is 0.675. The number of rotatable bonds is 3. The number of piperazine rings is 1. The van der Waals surface area contributed by atoms with Crippen LogP contribution in [0.5, 0.6) is 5.75 Å². The zero-order valence-electron chi connectivity index (χ0n) is 17.8. The number of carbonyl (C=O) groups is 1. The Labute approximate surface area is 186 Å². The molecule has 2 aromatic carbocycles. The molecule has 3 aromatic rings. The number of benzene rings is 2. The number of anilines is 2. The van der Waals surface area contributed by atoms with Crippen LogP contribution in [-0.4, -0.2) is 60.2 Å². The molecule has 2 saturated heterocycles. The van der Waals surface area contributed by atoms with Gasteiger partial charge in [-0.25, -0.2) is 4.98 Å². The summed E-state index contributed by atoms with van der Waals surface area (Å²) in [5.74, 6) is 0.592. The Balaban J connectivity index is 1.23. The van der Waals surface area contributed by atoms with Gasteiger partial charge in [0, 0.05) is 39.3 Å². The summed E-state index contributed by atoms with van der Waals surface area (Å²) in [6.45, 7) is 6.70. The van der Waals surface area contributed by atoms with Gasteiger partial charge in [0.25, 0.3) is 0 Å². The highest BCUT2D eigenvalue weighted by Crippen LogP contribution is 2.33. The number of phenolic OH excluding ortho intramolecular Hbond substituents is 1. The van der Waals surface area contributed by atoms with Crippen LogP contribution in [0.4, 0.5) is 10.8 Å². The molecule has 0 radical (unpaired) electrons. The van der Waals surface area contributed by atoms with E-state index in [1.807, 2.05) is 23.1 Å². The van der Waals surface area contributed by atoms with E-state index in [4.69, 9.17) is 4.98 Å². The minimum atomic E-state index is 0.0270. The van der Waals surface area contributed by atoms with Gasteiger partial charge in [-0.15, -0.1) is 0 Å². The minimum Gasteiger partial charge on any atom is -0.506 e. The largest absolute Gasteiger partial charge is 0.506 e. The van der Waals surface area contributed by atoms with Gasteiger partial charge in [0.05, 0.1) is 21.8 Å². The van der Waals surface area contributed by atoms with E-state index >= 15 is 0 Å². The first-order valence-electron chi connectivity index (χ1n) is 11.0. The number of aryl methyl sites for hydroxylation is 1. The van der Waals surface area contributed by atoms with Gasteiger partial charge in [-0.2, -0.15) is 0 Å². The molecule has 1 N–H and O–H groups in total. The Morgan fingerprint density at radius 1 is 1.06 bits per heavy atom. The first kappa shape index (κ1) is 20.1. The van der Waals surface area contributed by atoms with Gasteiger partial charge in [-0.05, 0) is 49.6 Å². The molecule has 31 heavy (non-hydrogen) atoms. The van der Waals surface area contributed by atoms with Gasteiger partial charge in [-0.1, -0.05) is 29.5 Å². The van der Waals surface area contributed by atoms with E-state index in [1.54, 1.807) is 17.4 Å². The lowest BCUT2D eigenvalue weighted by Crippen LogP contribution is -2.52. The number of para-hydroxylation sites is 2. The zero-order chi connectivity index (χ0) is 21.4. The van der Waals surface area contributed by atoms with E-state index in [-0.39, 0.29) is 11.8 Å². The summed E-state index contributed by atoms with van der Waals surface area (Å²) in [4.78, 5) is 24.6. The smallest absolute Gasteiger partial charge is 0.227 e. The molecule has 3 heterocycles. The lowest BCUT2D eigenvalue weighted by atomic mass is 9.96. The molecular weight excluding hydrogens is 408 g/mol. The van der Waals surface area contributed by atoms with Crippen LogP contribution in [0.25, 0.3) is 10.2 Å². The lowest BCUT2D eigenvalue weighted by Gasteiger charge is -2.39. The van der Waals surface area contributed by atoms with Crippen molar-refractivity contribution >= 4 is 38.3 Å². The average molecular weight is 437 g/mol. The predicted octanol–water partition coefficient (Wildman–Crippen LogP) is 3.88. The SMILES string of the molecule is Cc1ccc2nc(N3CCCC(C(=O)N4CCN(c5ccccc5O)CC4)C3)sc2c1. The third-order valence-corrected chi connectivity index (χ3v) is 7.47. The maximum Gasteiger partial charge on any atom is 0.227 e. The first-order valence-corrected chi connectivity index (χ1v) is 11.8. The molecule has 162 valence electrons. The number of fused-ring (bicyclic) bond motifs is 1. The van der Waals surface area contributed by atoms with Crippen LogP contribution in [0.3, 0.4) is 0 Å². The van der Waals surface area contributed by atoms with Crippen molar-refractivity contribution in [3.63, 3.8) is 0 Å². The van der Waals surface area contributed by atoms with Gasteiger partial charge in [0.2, 0.25) is 5.91 Å². The second kappa shape index (κ2) is 8.38. The number of carbonyl (C=O) groups excluding carboxylic acids is 1. The summed E-state index contributed by atoms with van der Waals surface area (Å²) >= 11 is 1.73. The lowest BCUT2D eigenvalue weighted by molar-refractivity contribution is -0.136. The number of aromatic nitrogens is 1. The Morgan fingerprint density at radius 3 is 2.68 bits per heavy atom. The van der Waals surface area contributed by atoms with Gasteiger partial charge in [0.15, 0.2) is 5.13 Å². The summed E-state index contributed by atoms with van der Waals surface area (Å²) in [6.07, 6.45) is 1.96. The summed E-state index contributed by atoms with van der Waals surface area (Å²) in [6, 6.07) is 13.8. The molecule has 1 amide bonds. The van der Waals surface area contributed by atoms with Gasteiger partial charge in [-0.3, -0.25) is 4.79 Å². The Kier molecular flexibility index (Phi) is 5.44. The standard InChI is InChI=1S/C24H28N4O2S/c1-17-8-9-19-22(15-17)31-24(25-19)28-10-4-5-18(16-28)23(30)27-13-11-26(12-14-27)20-6-2-3-7-21(20)29/h2-3,6-9,15,18,29H,4-5,10-14,16H2,1H3. The molecule has 1 aromatic heterocycles. The summed E-state index contributed by atoms with van der Waals surface area (Å²) in [5, 5.41) is 11.1. The summed E-state index contributed by atoms with van der Waals surface area (Å²) in [7, 11) is 0. The van der Waals surface area contributed by atoms with E-state index in [0.717, 1.165) is 55.4 Å². The molecule has 2 aliphatic rings. The number of hydrogen-bond donors (Lipinski definition) is 1. The molecular formula is C24H28N4O2S. The maximum atomic E-state index is 13.3. The second-order valence-corrected chi connectivity index (χ2v) is 9.56. The van der Waals surface area contributed by atoms with E-state index in [2.05, 4.69) is 34.9 Å². The van der Waals surface area contributed by atoms with E-state index in [0.29, 0.717) is 18.8 Å². The Bertz CT molecular complexity index is 1090. The van der Waals surface area contributed by atoms with Crippen LogP contribution in [-0.2, 0) is 4.79 Å². The summed E-state index contributed by atoms with van der Waals surface area (Å²) < 4.78 is 1.21. The molecule has 2 fully saturated rings. The zero-order valence-corrected chi connectivity index (χ0v) is 18.6. The van der Waals surface area contributed by atoms with Crippen LogP contribution in [0.2, 0.25) is 0 Å². The van der Waals surface area contributed by atoms with Crippen LogP contribution >= 0.6 is 11.3 Å². The molecule has 1 unspecified atom stereocenters. The van der Waals surface area contributed by atoms with Gasteiger partial charge >= 0.3 is 0 Å². The molecule has 1 atom stereocenters. The highest BCUT2D eigenvalue weighted by molar-refractivity contribution is 7.22. The van der Waals surface area contributed by atoms with E-state index in [1.165, 1.54) is 10.3 Å². The normalized spacial score (nSPS) is 19.8. The van der Waals surface area contributed by atoms with Crippen molar-refractivity contribution in [1.29, 1.82) is 0 Å². The molecule has 0 bridgehead atoms. The molecule has 0 spiro atoms. The van der Waals surface area contributed by atoms with Crippen molar-refractivity contribution in [2.24, 2.45) is 5.92 Å². The number of hydrogen-bond acceptors (Lipinski definition) is 6. The third kappa shape index (κ3) is 4.06. The van der Waals surface area contributed by atoms with Crippen molar-refractivity contribution in [2.75, 3.05) is 49.1 Å². The average Bonchev–Trinajstić information content (AvgIpc) is 3.22. The van der Waals surface area contributed by atoms with Crippen LogP contribution in [0.15, 0.2) is 42.5 Å². The Morgan fingerprint density at radius 2 is 1.87 bits per heavy atom. The van der Waals surface area contributed by atoms with Crippen molar-refractivity contribution in [3.05, 3.63) is 48.0 Å². The molecule has 0 aliphatic carbocycles. The van der Waals surface area contributed by atoms with Crippen LogP contribution in [0.1, 0.15) is 18.4 Å². The number of nitrogens with zero attached hydrogens (tertiary/aromatic N) is 4. The fraction of sp³-hybridized carbons (Fsp3) is 0.417. The monoisotopic (exact) mass is 436 g/mol. The van der Waals surface area contributed by atoms with Crippen molar-refractivity contribution in [2.45, 2.75) is 19.8 Å². The van der Waals surface area contributed by atoms with E-state index in [9.17, 15) is 9.90 Å². The fourth-order valence-corrected chi connectivity index (χ4v) is 5.76. The molecule has 6 nitrogen and oxygen atoms in total. The van der Waals surface area contributed by atoms with Crippen molar-refractivity contribution in [3.8, 4) is 5.75 Å². The Hall–Kier alpha value is -2.80.